The lowest BCUT2D eigenvalue weighted by molar-refractivity contribution is -0.160. The van der Waals surface area contributed by atoms with Crippen LogP contribution in [0.15, 0.2) is 36.4 Å². The third-order valence-corrected chi connectivity index (χ3v) is 7.82. The van der Waals surface area contributed by atoms with Crippen LogP contribution >= 0.6 is 0 Å². The Morgan fingerprint density at radius 3 is 2.11 bits per heavy atom. The van der Waals surface area contributed by atoms with Crippen LogP contribution in [0.25, 0.3) is 22.3 Å². The molecule has 1 aliphatic rings. The molecule has 3 aromatic carbocycles. The molecule has 1 heterocycles. The second-order valence-electron chi connectivity index (χ2n) is 10.7. The summed E-state index contributed by atoms with van der Waals surface area (Å²) >= 11 is 0. The predicted octanol–water partition coefficient (Wildman–Crippen LogP) is 6.44. The number of sulfonamides is 1. The van der Waals surface area contributed by atoms with Gasteiger partial charge in [0.1, 0.15) is 0 Å². The van der Waals surface area contributed by atoms with Gasteiger partial charge in [-0.05, 0) is 75.4 Å². The first-order chi connectivity index (χ1) is 17.5. The van der Waals surface area contributed by atoms with Crippen LogP contribution in [-0.4, -0.2) is 31.4 Å². The van der Waals surface area contributed by atoms with Crippen molar-refractivity contribution in [3.63, 3.8) is 0 Å². The summed E-state index contributed by atoms with van der Waals surface area (Å²) < 4.78 is 63.2. The van der Waals surface area contributed by atoms with E-state index in [9.17, 15) is 22.7 Å². The molecule has 0 fully saturated rings. The smallest absolute Gasteiger partial charge is 0.337 e. The van der Waals surface area contributed by atoms with E-state index in [0.29, 0.717) is 27.8 Å². The van der Waals surface area contributed by atoms with Crippen LogP contribution in [0.4, 0.5) is 14.5 Å². The number of anilines is 1. The zero-order valence-electron chi connectivity index (χ0n) is 22.4. The first-order valence-electron chi connectivity index (χ1n) is 12.1. The maximum absolute atomic E-state index is 15.4. The molecule has 38 heavy (non-hydrogen) atoms. The van der Waals surface area contributed by atoms with E-state index in [4.69, 9.17) is 4.74 Å². The molecule has 0 unspecified atom stereocenters. The summed E-state index contributed by atoms with van der Waals surface area (Å²) in [6.45, 7) is 10.2. The molecule has 0 bridgehead atoms. The highest BCUT2D eigenvalue weighted by Gasteiger charge is 2.39. The lowest BCUT2D eigenvalue weighted by Crippen LogP contribution is -2.35. The highest BCUT2D eigenvalue weighted by Crippen LogP contribution is 2.52. The summed E-state index contributed by atoms with van der Waals surface area (Å²) in [4.78, 5) is 12.7. The number of rotatable bonds is 5. The first-order valence-corrected chi connectivity index (χ1v) is 14.0. The predicted molar refractivity (Wildman–Crippen MR) is 144 cm³/mol. The van der Waals surface area contributed by atoms with Crippen LogP contribution in [0.5, 0.6) is 0 Å². The summed E-state index contributed by atoms with van der Waals surface area (Å²) in [5.41, 5.74) is 2.85. The third kappa shape index (κ3) is 4.80. The molecular formula is C29H31F2NO5S. The fraction of sp³-hybridized carbons (Fsp3) is 0.345. The molecule has 0 radical (unpaired) electrons. The monoisotopic (exact) mass is 543 g/mol. The summed E-state index contributed by atoms with van der Waals surface area (Å²) in [7, 11) is -3.90. The van der Waals surface area contributed by atoms with Crippen LogP contribution in [0, 0.1) is 32.4 Å². The quantitative estimate of drug-likeness (QED) is 0.400. The Labute approximate surface area is 221 Å². The van der Waals surface area contributed by atoms with E-state index in [1.54, 1.807) is 34.6 Å². The number of benzene rings is 3. The fourth-order valence-electron chi connectivity index (χ4n) is 5.14. The van der Waals surface area contributed by atoms with Gasteiger partial charge in [0, 0.05) is 16.7 Å². The Balaban J connectivity index is 2.25. The maximum atomic E-state index is 15.4. The fourth-order valence-corrected chi connectivity index (χ4v) is 6.07. The van der Waals surface area contributed by atoms with Crippen LogP contribution in [0.3, 0.4) is 0 Å². The largest absolute Gasteiger partial charge is 0.479 e. The van der Waals surface area contributed by atoms with Crippen LogP contribution in [0.1, 0.15) is 54.7 Å². The van der Waals surface area contributed by atoms with Crippen LogP contribution < -0.4 is 4.31 Å². The molecule has 6 nitrogen and oxygen atoms in total. The van der Waals surface area contributed by atoms with Crippen molar-refractivity contribution in [2.24, 2.45) is 0 Å². The Hall–Kier alpha value is -3.30. The van der Waals surface area contributed by atoms with E-state index in [1.807, 2.05) is 31.2 Å². The highest BCUT2D eigenvalue weighted by molar-refractivity contribution is 7.92. The van der Waals surface area contributed by atoms with E-state index in [1.165, 1.54) is 6.07 Å². The van der Waals surface area contributed by atoms with Crippen molar-refractivity contribution in [2.45, 2.75) is 59.8 Å². The molecular weight excluding hydrogens is 512 g/mol. The molecule has 1 N–H and O–H groups in total. The second-order valence-corrected chi connectivity index (χ2v) is 12.6. The van der Waals surface area contributed by atoms with Crippen molar-refractivity contribution in [1.29, 1.82) is 0 Å². The minimum Gasteiger partial charge on any atom is -0.479 e. The standard InChI is InChI=1S/C29H31F2NO5S/c1-15-8-10-18(11-9-15)21-16(2)22-24-19(12-13-20(30)25(24)31)14-32(38(7,35)36)26(22)17(3)23(21)27(28(33)34)37-29(4,5)6/h8-13,27H,14H2,1-7H3,(H,33,34)/t27-/m0/s1. The minimum atomic E-state index is -3.90. The van der Waals surface area contributed by atoms with Gasteiger partial charge in [-0.15, -0.1) is 0 Å². The molecule has 0 saturated heterocycles. The summed E-state index contributed by atoms with van der Waals surface area (Å²) in [5, 5.41) is 10.3. The van der Waals surface area contributed by atoms with E-state index in [0.717, 1.165) is 22.2 Å². The van der Waals surface area contributed by atoms with E-state index < -0.39 is 39.3 Å². The molecule has 202 valence electrons. The number of aliphatic carboxylic acids is 1. The molecule has 0 aliphatic carbocycles. The van der Waals surface area contributed by atoms with Gasteiger partial charge in [-0.3, -0.25) is 4.31 Å². The van der Waals surface area contributed by atoms with Crippen molar-refractivity contribution in [3.05, 3.63) is 75.8 Å². The number of ether oxygens (including phenoxy) is 1. The number of hydrogen-bond donors (Lipinski definition) is 1. The zero-order chi connectivity index (χ0) is 28.3. The topological polar surface area (TPSA) is 83.9 Å². The number of carbonyl (C=O) groups is 1. The number of halogens is 2. The molecule has 9 heteroatoms. The average Bonchev–Trinajstić information content (AvgIpc) is 2.80. The van der Waals surface area contributed by atoms with Gasteiger partial charge in [0.15, 0.2) is 17.7 Å². The van der Waals surface area contributed by atoms with Crippen molar-refractivity contribution < 1.29 is 31.8 Å². The van der Waals surface area contributed by atoms with E-state index in [2.05, 4.69) is 0 Å². The van der Waals surface area contributed by atoms with Gasteiger partial charge in [-0.2, -0.15) is 0 Å². The van der Waals surface area contributed by atoms with Crippen molar-refractivity contribution in [1.82, 2.24) is 0 Å². The molecule has 3 aromatic rings. The molecule has 0 saturated carbocycles. The number of carboxylic acids is 1. The highest BCUT2D eigenvalue weighted by atomic mass is 32.2. The summed E-state index contributed by atoms with van der Waals surface area (Å²) in [6, 6.07) is 9.74. The maximum Gasteiger partial charge on any atom is 0.337 e. The Morgan fingerprint density at radius 1 is 0.974 bits per heavy atom. The SMILES string of the molecule is Cc1ccc(-c2c(C)c3c(c(C)c2[C@H](OC(C)(C)C)C(=O)O)N(S(C)(=O)=O)Cc2ccc(F)c(F)c2-3)cc1. The number of aryl methyl sites for hydroxylation is 1. The number of hydrogen-bond acceptors (Lipinski definition) is 4. The van der Waals surface area contributed by atoms with E-state index in [-0.39, 0.29) is 28.9 Å². The lowest BCUT2D eigenvalue weighted by Gasteiger charge is -2.37. The molecule has 1 atom stereocenters. The number of fused-ring (bicyclic) bond motifs is 3. The number of nitrogens with zero attached hydrogens (tertiary/aromatic N) is 1. The van der Waals surface area contributed by atoms with Gasteiger partial charge in [0.25, 0.3) is 0 Å². The zero-order valence-corrected chi connectivity index (χ0v) is 23.3. The van der Waals surface area contributed by atoms with Crippen LogP contribution in [-0.2, 0) is 26.1 Å². The van der Waals surface area contributed by atoms with Gasteiger partial charge in [-0.25, -0.2) is 22.0 Å². The number of carboxylic acid groups (broad SMARTS) is 1. The van der Waals surface area contributed by atoms with Gasteiger partial charge in [0.2, 0.25) is 10.0 Å². The van der Waals surface area contributed by atoms with Crippen LogP contribution in [0.2, 0.25) is 0 Å². The normalized spacial score (nSPS) is 14.2. The molecule has 4 rings (SSSR count). The summed E-state index contributed by atoms with van der Waals surface area (Å²) in [6.07, 6.45) is -0.430. The van der Waals surface area contributed by atoms with Crippen molar-refractivity contribution in [2.75, 3.05) is 10.6 Å². The Bertz CT molecular complexity index is 1560. The molecule has 0 spiro atoms. The molecule has 1 aliphatic heterocycles. The Kier molecular flexibility index (Phi) is 6.91. The molecule has 0 amide bonds. The average molecular weight is 544 g/mol. The first kappa shape index (κ1) is 27.7. The third-order valence-electron chi connectivity index (χ3n) is 6.71. The van der Waals surface area contributed by atoms with Crippen molar-refractivity contribution in [3.8, 4) is 22.3 Å². The van der Waals surface area contributed by atoms with Gasteiger partial charge in [0.05, 0.1) is 24.1 Å². The van der Waals surface area contributed by atoms with E-state index >= 15 is 4.39 Å². The molecule has 0 aromatic heterocycles. The lowest BCUT2D eigenvalue weighted by atomic mass is 9.80. The minimum absolute atomic E-state index is 0.0240. The second kappa shape index (κ2) is 9.47. The van der Waals surface area contributed by atoms with Gasteiger partial charge in [-0.1, -0.05) is 35.9 Å². The summed E-state index contributed by atoms with van der Waals surface area (Å²) in [5.74, 6) is -3.39. The Morgan fingerprint density at radius 2 is 1.58 bits per heavy atom. The van der Waals surface area contributed by atoms with Gasteiger partial charge < -0.3 is 9.84 Å². The van der Waals surface area contributed by atoms with Crippen molar-refractivity contribution >= 4 is 21.7 Å². The van der Waals surface area contributed by atoms with Gasteiger partial charge >= 0.3 is 5.97 Å².